The van der Waals surface area contributed by atoms with Crippen LogP contribution in [0.5, 0.6) is 0 Å². The number of sulfonamides is 1. The molecule has 1 N–H and O–H groups in total. The van der Waals surface area contributed by atoms with Crippen LogP contribution in [0, 0.1) is 10.1 Å². The number of imidazole rings is 1. The molecule has 0 aliphatic rings. The van der Waals surface area contributed by atoms with E-state index in [2.05, 4.69) is 15.1 Å². The molecule has 0 fully saturated rings. The Labute approximate surface area is 149 Å². The highest BCUT2D eigenvalue weighted by Gasteiger charge is 2.22. The topological polar surface area (TPSA) is 127 Å². The molecule has 0 bridgehead atoms. The summed E-state index contributed by atoms with van der Waals surface area (Å²) in [7, 11) is -3.56. The Bertz CT molecular complexity index is 1050. The second kappa shape index (κ2) is 6.84. The van der Waals surface area contributed by atoms with Crippen molar-refractivity contribution in [2.75, 3.05) is 13.1 Å². The van der Waals surface area contributed by atoms with Gasteiger partial charge >= 0.3 is 5.69 Å². The number of rotatable bonds is 7. The molecule has 0 saturated carbocycles. The van der Waals surface area contributed by atoms with Gasteiger partial charge in [-0.1, -0.05) is 13.8 Å². The van der Waals surface area contributed by atoms with E-state index in [1.807, 2.05) is 0 Å². The van der Waals surface area contributed by atoms with Crippen molar-refractivity contribution in [1.82, 2.24) is 24.1 Å². The van der Waals surface area contributed by atoms with Crippen LogP contribution in [-0.4, -0.2) is 50.5 Å². The second-order valence-electron chi connectivity index (χ2n) is 5.61. The van der Waals surface area contributed by atoms with E-state index in [4.69, 9.17) is 0 Å². The Hall–Kier alpha value is -2.79. The molecule has 3 aromatic rings. The predicted molar refractivity (Wildman–Crippen MR) is 94.2 cm³/mol. The first-order valence-corrected chi connectivity index (χ1v) is 9.44. The molecular weight excluding hydrogens is 360 g/mol. The maximum Gasteiger partial charge on any atom is 0.307 e. The van der Waals surface area contributed by atoms with Crippen LogP contribution in [-0.2, 0) is 16.6 Å². The van der Waals surface area contributed by atoms with Crippen molar-refractivity contribution in [3.05, 3.63) is 46.5 Å². The molecule has 0 aliphatic heterocycles. The van der Waals surface area contributed by atoms with Crippen molar-refractivity contribution in [1.29, 1.82) is 0 Å². The van der Waals surface area contributed by atoms with Crippen molar-refractivity contribution in [2.45, 2.75) is 25.3 Å². The van der Waals surface area contributed by atoms with E-state index in [9.17, 15) is 18.5 Å². The maximum atomic E-state index is 12.6. The average Bonchev–Trinajstić information content (AvgIpc) is 3.21. The summed E-state index contributed by atoms with van der Waals surface area (Å²) in [6, 6.07) is 4.71. The van der Waals surface area contributed by atoms with Crippen LogP contribution < -0.4 is 0 Å². The van der Waals surface area contributed by atoms with E-state index < -0.39 is 14.9 Å². The van der Waals surface area contributed by atoms with Crippen LogP contribution in [0.25, 0.3) is 11.0 Å². The molecule has 10 nitrogen and oxygen atoms in total. The molecule has 0 radical (unpaired) electrons. The van der Waals surface area contributed by atoms with Crippen LogP contribution in [0.2, 0.25) is 0 Å². The molecule has 26 heavy (non-hydrogen) atoms. The molecule has 11 heteroatoms. The lowest BCUT2D eigenvalue weighted by Crippen LogP contribution is -2.30. The Morgan fingerprint density at radius 1 is 1.31 bits per heavy atom. The third kappa shape index (κ3) is 3.30. The Balaban J connectivity index is 1.91. The van der Waals surface area contributed by atoms with Crippen molar-refractivity contribution in [2.24, 2.45) is 0 Å². The second-order valence-corrected chi connectivity index (χ2v) is 7.54. The fraction of sp³-hybridized carbons (Fsp3) is 0.333. The Morgan fingerprint density at radius 2 is 2.04 bits per heavy atom. The number of nitrogens with zero attached hydrogens (tertiary/aromatic N) is 5. The SMILES string of the molecule is CCN(CC)S(=O)(=O)c1ccc2nc(Cn3cc([N+](=O)[O-])cn3)[nH]c2c1. The molecule has 0 aliphatic carbocycles. The van der Waals surface area contributed by atoms with Crippen LogP contribution >= 0.6 is 0 Å². The number of hydrogen-bond donors (Lipinski definition) is 1. The number of fused-ring (bicyclic) bond motifs is 1. The summed E-state index contributed by atoms with van der Waals surface area (Å²) in [5.74, 6) is 0.524. The largest absolute Gasteiger partial charge is 0.340 e. The van der Waals surface area contributed by atoms with Crippen LogP contribution in [0.15, 0.2) is 35.5 Å². The zero-order chi connectivity index (χ0) is 18.9. The summed E-state index contributed by atoms with van der Waals surface area (Å²) in [5, 5.41) is 14.6. The van der Waals surface area contributed by atoms with Gasteiger partial charge in [0.05, 0.1) is 27.4 Å². The van der Waals surface area contributed by atoms with Gasteiger partial charge in [0.1, 0.15) is 18.2 Å². The number of aromatic nitrogens is 4. The molecule has 0 atom stereocenters. The van der Waals surface area contributed by atoms with E-state index >= 15 is 0 Å². The molecule has 138 valence electrons. The van der Waals surface area contributed by atoms with E-state index in [1.165, 1.54) is 21.3 Å². The molecule has 3 rings (SSSR count). The molecule has 0 saturated heterocycles. The highest BCUT2D eigenvalue weighted by atomic mass is 32.2. The van der Waals surface area contributed by atoms with Gasteiger partial charge in [0.2, 0.25) is 10.0 Å². The first-order valence-electron chi connectivity index (χ1n) is 8.00. The first kappa shape index (κ1) is 18.0. The minimum Gasteiger partial charge on any atom is -0.340 e. The first-order chi connectivity index (χ1) is 12.3. The summed E-state index contributed by atoms with van der Waals surface area (Å²) >= 11 is 0. The molecule has 0 spiro atoms. The highest BCUT2D eigenvalue weighted by Crippen LogP contribution is 2.21. The molecule has 2 heterocycles. The van der Waals surface area contributed by atoms with Gasteiger partial charge in [-0.05, 0) is 18.2 Å². The van der Waals surface area contributed by atoms with Gasteiger partial charge in [-0.25, -0.2) is 13.4 Å². The summed E-state index contributed by atoms with van der Waals surface area (Å²) < 4.78 is 28.0. The van der Waals surface area contributed by atoms with Crippen LogP contribution in [0.3, 0.4) is 0 Å². The minimum absolute atomic E-state index is 0.103. The Kier molecular flexibility index (Phi) is 4.74. The van der Waals surface area contributed by atoms with Crippen molar-refractivity contribution in [3.8, 4) is 0 Å². The fourth-order valence-corrected chi connectivity index (χ4v) is 4.16. The van der Waals surface area contributed by atoms with Gasteiger partial charge in [-0.2, -0.15) is 9.40 Å². The predicted octanol–water partition coefficient (Wildman–Crippen LogP) is 1.75. The number of nitrogens with one attached hydrogen (secondary N) is 1. The summed E-state index contributed by atoms with van der Waals surface area (Å²) in [6.07, 6.45) is 2.47. The Morgan fingerprint density at radius 3 is 2.65 bits per heavy atom. The van der Waals surface area contributed by atoms with E-state index in [0.717, 1.165) is 6.20 Å². The lowest BCUT2D eigenvalue weighted by atomic mass is 10.3. The van der Waals surface area contributed by atoms with Gasteiger partial charge in [0, 0.05) is 13.1 Å². The standard InChI is InChI=1S/C15H18N6O4S/c1-3-20(4-2)26(24,25)12-5-6-13-14(7-12)18-15(17-13)10-19-9-11(8-16-19)21(22)23/h5-9H,3-4,10H2,1-2H3,(H,17,18). The quantitative estimate of drug-likeness (QED) is 0.493. The van der Waals surface area contributed by atoms with Gasteiger partial charge in [0.15, 0.2) is 0 Å². The van der Waals surface area contributed by atoms with Crippen LogP contribution in [0.4, 0.5) is 5.69 Å². The van der Waals surface area contributed by atoms with Crippen molar-refractivity contribution >= 4 is 26.7 Å². The zero-order valence-corrected chi connectivity index (χ0v) is 15.1. The molecular formula is C15H18N6O4S. The fourth-order valence-electron chi connectivity index (χ4n) is 2.68. The lowest BCUT2D eigenvalue weighted by Gasteiger charge is -2.18. The normalized spacial score (nSPS) is 12.1. The summed E-state index contributed by atoms with van der Waals surface area (Å²) in [4.78, 5) is 17.8. The monoisotopic (exact) mass is 378 g/mol. The smallest absolute Gasteiger partial charge is 0.307 e. The highest BCUT2D eigenvalue weighted by molar-refractivity contribution is 7.89. The van der Waals surface area contributed by atoms with Gasteiger partial charge < -0.3 is 4.98 Å². The van der Waals surface area contributed by atoms with E-state index in [0.29, 0.717) is 29.9 Å². The van der Waals surface area contributed by atoms with Gasteiger partial charge in [-0.3, -0.25) is 14.8 Å². The van der Waals surface area contributed by atoms with Gasteiger partial charge in [-0.15, -0.1) is 0 Å². The number of nitro groups is 1. The third-order valence-corrected chi connectivity index (χ3v) is 6.03. The van der Waals surface area contributed by atoms with Crippen molar-refractivity contribution in [3.63, 3.8) is 0 Å². The number of benzene rings is 1. The van der Waals surface area contributed by atoms with Gasteiger partial charge in [0.25, 0.3) is 0 Å². The third-order valence-electron chi connectivity index (χ3n) is 3.99. The molecule has 0 amide bonds. The molecule has 1 aromatic carbocycles. The zero-order valence-electron chi connectivity index (χ0n) is 14.3. The number of H-pyrrole nitrogens is 1. The maximum absolute atomic E-state index is 12.6. The van der Waals surface area contributed by atoms with Crippen molar-refractivity contribution < 1.29 is 13.3 Å². The molecule has 2 aromatic heterocycles. The van der Waals surface area contributed by atoms with E-state index in [-0.39, 0.29) is 17.1 Å². The van der Waals surface area contributed by atoms with Crippen LogP contribution in [0.1, 0.15) is 19.7 Å². The molecule has 0 unspecified atom stereocenters. The van der Waals surface area contributed by atoms with E-state index in [1.54, 1.807) is 26.0 Å². The lowest BCUT2D eigenvalue weighted by molar-refractivity contribution is -0.385. The minimum atomic E-state index is -3.56. The average molecular weight is 378 g/mol. The summed E-state index contributed by atoms with van der Waals surface area (Å²) in [5.41, 5.74) is 1.09. The number of aromatic amines is 1. The number of hydrogen-bond acceptors (Lipinski definition) is 6. The summed E-state index contributed by atoms with van der Waals surface area (Å²) in [6.45, 7) is 4.57.